The first-order valence-corrected chi connectivity index (χ1v) is 11.1. The zero-order valence-electron chi connectivity index (χ0n) is 18.2. The Balaban J connectivity index is 1.53. The van der Waals surface area contributed by atoms with E-state index < -0.39 is 42.7 Å². The summed E-state index contributed by atoms with van der Waals surface area (Å²) >= 11 is 0. The third-order valence-corrected chi connectivity index (χ3v) is 6.29. The van der Waals surface area contributed by atoms with Gasteiger partial charge < -0.3 is 35.0 Å². The summed E-state index contributed by atoms with van der Waals surface area (Å²) in [5, 5.41) is 48.6. The molecule has 0 bridgehead atoms. The van der Waals surface area contributed by atoms with Crippen molar-refractivity contribution in [3.63, 3.8) is 0 Å². The molecule has 176 valence electrons. The Morgan fingerprint density at radius 3 is 2.31 bits per heavy atom. The van der Waals surface area contributed by atoms with Crippen molar-refractivity contribution in [1.82, 2.24) is 0 Å². The molecule has 2 fully saturated rings. The molecule has 1 saturated carbocycles. The van der Waals surface area contributed by atoms with Gasteiger partial charge in [0.05, 0.1) is 19.3 Å². The fraction of sp³-hybridized carbons (Fsp3) is 0.520. The van der Waals surface area contributed by atoms with E-state index in [2.05, 4.69) is 6.58 Å². The van der Waals surface area contributed by atoms with Crippen LogP contribution in [-0.4, -0.2) is 74.9 Å². The Bertz CT molecular complexity index is 790. The lowest BCUT2D eigenvalue weighted by atomic mass is 9.80. The number of rotatable bonds is 10. The third-order valence-electron chi connectivity index (χ3n) is 6.29. The van der Waals surface area contributed by atoms with E-state index in [1.165, 1.54) is 0 Å². The van der Waals surface area contributed by atoms with Crippen molar-refractivity contribution < 1.29 is 35.0 Å². The molecule has 1 aliphatic carbocycles. The van der Waals surface area contributed by atoms with E-state index in [4.69, 9.17) is 9.47 Å². The maximum Gasteiger partial charge on any atom is 0.132 e. The van der Waals surface area contributed by atoms with Crippen molar-refractivity contribution >= 4 is 0 Å². The smallest absolute Gasteiger partial charge is 0.132 e. The lowest BCUT2D eigenvalue weighted by molar-refractivity contribution is -0.227. The zero-order chi connectivity index (χ0) is 23.1. The van der Waals surface area contributed by atoms with E-state index >= 15 is 0 Å². The van der Waals surface area contributed by atoms with Crippen LogP contribution in [0.25, 0.3) is 0 Å². The van der Waals surface area contributed by atoms with Crippen molar-refractivity contribution in [1.29, 1.82) is 0 Å². The average Bonchev–Trinajstić information content (AvgIpc) is 2.79. The maximum absolute atomic E-state index is 10.1. The fourth-order valence-electron chi connectivity index (χ4n) is 4.00. The Kier molecular flexibility index (Phi) is 8.64. The molecule has 5 N–H and O–H groups in total. The molecule has 0 amide bonds. The minimum Gasteiger partial charge on any atom is -0.485 e. The van der Waals surface area contributed by atoms with Gasteiger partial charge in [0, 0.05) is 0 Å². The van der Waals surface area contributed by atoms with Crippen molar-refractivity contribution in [2.24, 2.45) is 0 Å². The Morgan fingerprint density at radius 2 is 1.75 bits per heavy atom. The second kappa shape index (κ2) is 11.2. The van der Waals surface area contributed by atoms with E-state index in [1.54, 1.807) is 12.2 Å². The van der Waals surface area contributed by atoms with Gasteiger partial charge in [-0.25, -0.2) is 0 Å². The topological polar surface area (TPSA) is 120 Å². The summed E-state index contributed by atoms with van der Waals surface area (Å²) < 4.78 is 11.5. The molecule has 7 heteroatoms. The first-order valence-electron chi connectivity index (χ1n) is 11.1. The molecule has 3 rings (SSSR count). The van der Waals surface area contributed by atoms with Crippen LogP contribution in [0.5, 0.6) is 5.75 Å². The summed E-state index contributed by atoms with van der Waals surface area (Å²) in [6.45, 7) is 3.47. The molecule has 0 spiro atoms. The van der Waals surface area contributed by atoms with Crippen LogP contribution >= 0.6 is 0 Å². The van der Waals surface area contributed by atoms with Gasteiger partial charge in [-0.05, 0) is 55.4 Å². The van der Waals surface area contributed by atoms with Crippen LogP contribution in [0.15, 0.2) is 60.7 Å². The van der Waals surface area contributed by atoms with Gasteiger partial charge in [-0.2, -0.15) is 0 Å². The summed E-state index contributed by atoms with van der Waals surface area (Å²) in [6.07, 6.45) is 5.62. The molecule has 0 radical (unpaired) electrons. The van der Waals surface area contributed by atoms with E-state index in [1.807, 2.05) is 36.4 Å². The molecule has 1 heterocycles. The Hall–Kier alpha value is -2.00. The molecule has 32 heavy (non-hydrogen) atoms. The van der Waals surface area contributed by atoms with Gasteiger partial charge in [-0.3, -0.25) is 0 Å². The van der Waals surface area contributed by atoms with Crippen molar-refractivity contribution in [3.05, 3.63) is 66.3 Å². The molecular weight excluding hydrogens is 412 g/mol. The SMILES string of the molecule is C=C/C(=C\C=C/C[C@@H]1O[C@H](CO)[C@@H](O)C(O)[C@H]1O)Cc1ccc(OC2(CO)CCC2)cc1. The first kappa shape index (κ1) is 24.6. The second-order valence-corrected chi connectivity index (χ2v) is 8.59. The summed E-state index contributed by atoms with van der Waals surface area (Å²) in [7, 11) is 0. The van der Waals surface area contributed by atoms with Crippen LogP contribution in [0.4, 0.5) is 0 Å². The first-order chi connectivity index (χ1) is 15.4. The highest BCUT2D eigenvalue weighted by molar-refractivity contribution is 5.34. The molecule has 2 aliphatic rings. The third kappa shape index (κ3) is 5.86. The van der Waals surface area contributed by atoms with Crippen LogP contribution in [0.1, 0.15) is 31.2 Å². The van der Waals surface area contributed by atoms with Gasteiger partial charge in [0.15, 0.2) is 0 Å². The van der Waals surface area contributed by atoms with Crippen LogP contribution < -0.4 is 4.74 Å². The lowest BCUT2D eigenvalue weighted by Gasteiger charge is -2.40. The second-order valence-electron chi connectivity index (χ2n) is 8.59. The molecule has 1 unspecified atom stereocenters. The zero-order valence-corrected chi connectivity index (χ0v) is 18.2. The fourth-order valence-corrected chi connectivity index (χ4v) is 4.00. The standard InChI is InChI=1S/C25H34O7/c1-2-17(6-3-4-7-20-22(28)24(30)23(29)21(15-26)31-20)14-18-8-10-19(11-9-18)32-25(16-27)12-5-13-25/h2-4,6,8-11,20-24,26-30H,1,5,7,12-16H2/b4-3-,17-6+/t20-,21+,22-,23+,24?/m0/s1. The predicted molar refractivity (Wildman–Crippen MR) is 120 cm³/mol. The average molecular weight is 447 g/mol. The number of aliphatic hydroxyl groups excluding tert-OH is 5. The van der Waals surface area contributed by atoms with E-state index in [0.29, 0.717) is 12.8 Å². The van der Waals surface area contributed by atoms with Gasteiger partial charge in [0.25, 0.3) is 0 Å². The Labute approximate surface area is 188 Å². The van der Waals surface area contributed by atoms with Crippen molar-refractivity contribution in [2.75, 3.05) is 13.2 Å². The highest BCUT2D eigenvalue weighted by Crippen LogP contribution is 2.36. The normalized spacial score (nSPS) is 30.2. The molecular formula is C25H34O7. The van der Waals surface area contributed by atoms with E-state index in [0.717, 1.165) is 36.1 Å². The van der Waals surface area contributed by atoms with E-state index in [9.17, 15) is 25.5 Å². The summed E-state index contributed by atoms with van der Waals surface area (Å²) in [5.41, 5.74) is 1.67. The lowest BCUT2D eigenvalue weighted by Crippen LogP contribution is -2.58. The van der Waals surface area contributed by atoms with Crippen LogP contribution in [0.3, 0.4) is 0 Å². The number of aliphatic hydroxyl groups is 5. The minimum atomic E-state index is -1.36. The van der Waals surface area contributed by atoms with Crippen LogP contribution in [0, 0.1) is 0 Å². The number of hydrogen-bond acceptors (Lipinski definition) is 7. The van der Waals surface area contributed by atoms with Crippen LogP contribution in [0.2, 0.25) is 0 Å². The largest absolute Gasteiger partial charge is 0.485 e. The van der Waals surface area contributed by atoms with Gasteiger partial charge >= 0.3 is 0 Å². The molecule has 1 aliphatic heterocycles. The molecule has 0 aromatic heterocycles. The molecule has 7 nitrogen and oxygen atoms in total. The summed E-state index contributed by atoms with van der Waals surface area (Å²) in [4.78, 5) is 0. The number of hydrogen-bond donors (Lipinski definition) is 5. The van der Waals surface area contributed by atoms with Crippen LogP contribution in [-0.2, 0) is 11.2 Å². The van der Waals surface area contributed by atoms with Crippen molar-refractivity contribution in [3.8, 4) is 5.75 Å². The van der Waals surface area contributed by atoms with Gasteiger partial charge in [-0.15, -0.1) is 0 Å². The summed E-state index contributed by atoms with van der Waals surface area (Å²) in [5.74, 6) is 0.756. The summed E-state index contributed by atoms with van der Waals surface area (Å²) in [6, 6.07) is 7.82. The van der Waals surface area contributed by atoms with Crippen molar-refractivity contribution in [2.45, 2.75) is 68.2 Å². The highest BCUT2D eigenvalue weighted by atomic mass is 16.5. The number of allylic oxidation sites excluding steroid dienone is 4. The van der Waals surface area contributed by atoms with Gasteiger partial charge in [-0.1, -0.05) is 43.0 Å². The number of ether oxygens (including phenoxy) is 2. The predicted octanol–water partition coefficient (Wildman–Crippen LogP) is 1.42. The molecule has 1 aromatic rings. The minimum absolute atomic E-state index is 0.0353. The van der Waals surface area contributed by atoms with Gasteiger partial charge in [0.2, 0.25) is 0 Å². The van der Waals surface area contributed by atoms with E-state index in [-0.39, 0.29) is 6.61 Å². The highest BCUT2D eigenvalue weighted by Gasteiger charge is 2.42. The number of benzene rings is 1. The molecule has 5 atom stereocenters. The van der Waals surface area contributed by atoms with Gasteiger partial charge in [0.1, 0.15) is 35.8 Å². The quantitative estimate of drug-likeness (QED) is 0.345. The maximum atomic E-state index is 10.1. The monoisotopic (exact) mass is 446 g/mol. The Morgan fingerprint density at radius 1 is 1.06 bits per heavy atom. The molecule has 1 aromatic carbocycles. The molecule has 1 saturated heterocycles.